The summed E-state index contributed by atoms with van der Waals surface area (Å²) in [6.45, 7) is 5.90. The number of thioether (sulfide) groups is 1. The van der Waals surface area contributed by atoms with Crippen LogP contribution in [0.15, 0.2) is 14.5 Å². The molecule has 120 valence electrons. The first-order valence-electron chi connectivity index (χ1n) is 6.89. The second-order valence-electron chi connectivity index (χ2n) is 5.40. The van der Waals surface area contributed by atoms with Crippen LogP contribution in [-0.4, -0.2) is 33.4 Å². The summed E-state index contributed by atoms with van der Waals surface area (Å²) < 4.78 is 29.6. The molecule has 0 bridgehead atoms. The van der Waals surface area contributed by atoms with Crippen LogP contribution in [0.3, 0.4) is 0 Å². The number of fused-ring (bicyclic) bond motifs is 1. The van der Waals surface area contributed by atoms with Crippen LogP contribution in [0.2, 0.25) is 0 Å². The molecule has 5 nitrogen and oxygen atoms in total. The highest BCUT2D eigenvalue weighted by Crippen LogP contribution is 2.57. The summed E-state index contributed by atoms with van der Waals surface area (Å²) >= 11 is 3.00. The summed E-state index contributed by atoms with van der Waals surface area (Å²) in [4.78, 5) is 0. The van der Waals surface area contributed by atoms with E-state index in [4.69, 9.17) is 9.88 Å². The number of rotatable bonds is 7. The van der Waals surface area contributed by atoms with E-state index in [1.54, 1.807) is 24.9 Å². The number of nitrogens with one attached hydrogen (secondary N) is 1. The van der Waals surface area contributed by atoms with Gasteiger partial charge < -0.3 is 10.1 Å². The maximum Gasteiger partial charge on any atom is 0.247 e. The van der Waals surface area contributed by atoms with Crippen molar-refractivity contribution in [2.24, 2.45) is 5.14 Å². The van der Waals surface area contributed by atoms with Crippen molar-refractivity contribution >= 4 is 33.1 Å². The Balaban J connectivity index is 2.32. The molecule has 3 N–H and O–H groups in total. The maximum atomic E-state index is 11.5. The van der Waals surface area contributed by atoms with Crippen molar-refractivity contribution in [3.63, 3.8) is 0 Å². The van der Waals surface area contributed by atoms with Crippen molar-refractivity contribution in [3.8, 4) is 0 Å². The Bertz CT molecular complexity index is 600. The lowest BCUT2D eigenvalue weighted by atomic mass is 9.93. The van der Waals surface area contributed by atoms with E-state index in [-0.39, 0.29) is 15.0 Å². The van der Waals surface area contributed by atoms with Crippen LogP contribution >= 0.6 is 23.1 Å². The lowest BCUT2D eigenvalue weighted by Crippen LogP contribution is -2.37. The number of primary sulfonamides is 1. The molecule has 0 spiro atoms. The van der Waals surface area contributed by atoms with Gasteiger partial charge in [-0.3, -0.25) is 0 Å². The fourth-order valence-electron chi connectivity index (χ4n) is 2.50. The minimum atomic E-state index is -3.63. The number of hydrogen-bond acceptors (Lipinski definition) is 6. The standard InChI is InChI=1S/C13H22N2O3S3/c1-4-6-15-11-9-8-10(21(14,16)17)19-12(9)20-13(11,2)5-7-18-3/h8,11,15H,4-7H2,1-3H3,(H2,14,16,17). The van der Waals surface area contributed by atoms with Crippen molar-refractivity contribution in [1.82, 2.24) is 5.32 Å². The van der Waals surface area contributed by atoms with Gasteiger partial charge in [-0.2, -0.15) is 0 Å². The van der Waals surface area contributed by atoms with E-state index in [2.05, 4.69) is 19.2 Å². The SMILES string of the molecule is CCCNC1c2cc(S(N)(=O)=O)sc2SC1(C)CCOC. The monoisotopic (exact) mass is 350 g/mol. The fraction of sp³-hybridized carbons (Fsp3) is 0.692. The quantitative estimate of drug-likeness (QED) is 0.789. The molecule has 0 aromatic carbocycles. The van der Waals surface area contributed by atoms with E-state index in [0.29, 0.717) is 6.61 Å². The van der Waals surface area contributed by atoms with E-state index in [1.807, 2.05) is 0 Å². The van der Waals surface area contributed by atoms with Gasteiger partial charge in [0.1, 0.15) is 4.21 Å². The molecule has 0 aliphatic carbocycles. The number of ether oxygens (including phenoxy) is 1. The fourth-order valence-corrected chi connectivity index (χ4v) is 6.57. The highest BCUT2D eigenvalue weighted by Gasteiger charge is 2.44. The highest BCUT2D eigenvalue weighted by molar-refractivity contribution is 8.03. The number of nitrogens with two attached hydrogens (primary N) is 1. The second-order valence-corrected chi connectivity index (χ2v) is 10.0. The number of hydrogen-bond donors (Lipinski definition) is 2. The molecule has 0 amide bonds. The number of thiophene rings is 1. The van der Waals surface area contributed by atoms with Crippen LogP contribution < -0.4 is 10.5 Å². The summed E-state index contributed by atoms with van der Waals surface area (Å²) in [5.41, 5.74) is 1.06. The van der Waals surface area contributed by atoms with Gasteiger partial charge in [-0.05, 0) is 37.9 Å². The molecule has 1 aromatic heterocycles. The average Bonchev–Trinajstić information content (AvgIpc) is 2.90. The maximum absolute atomic E-state index is 11.5. The third-order valence-corrected chi connectivity index (χ3v) is 7.82. The Morgan fingerprint density at radius 2 is 2.24 bits per heavy atom. The first-order valence-corrected chi connectivity index (χ1v) is 10.1. The van der Waals surface area contributed by atoms with Crippen LogP contribution in [0.25, 0.3) is 0 Å². The third kappa shape index (κ3) is 3.62. The third-order valence-electron chi connectivity index (χ3n) is 3.63. The summed E-state index contributed by atoms with van der Waals surface area (Å²) in [6, 6.07) is 1.85. The molecule has 1 aliphatic rings. The van der Waals surface area contributed by atoms with Gasteiger partial charge in [0, 0.05) is 24.5 Å². The van der Waals surface area contributed by atoms with Crippen molar-refractivity contribution in [1.29, 1.82) is 0 Å². The summed E-state index contributed by atoms with van der Waals surface area (Å²) in [7, 11) is -1.93. The van der Waals surface area contributed by atoms with E-state index in [9.17, 15) is 8.42 Å². The smallest absolute Gasteiger partial charge is 0.247 e. The first-order chi connectivity index (χ1) is 9.81. The summed E-state index contributed by atoms with van der Waals surface area (Å²) in [5, 5.41) is 8.79. The van der Waals surface area contributed by atoms with Crippen molar-refractivity contribution in [2.45, 2.75) is 45.9 Å². The Kier molecular flexibility index (Phi) is 5.38. The zero-order chi connectivity index (χ0) is 15.7. The van der Waals surface area contributed by atoms with Gasteiger partial charge >= 0.3 is 0 Å². The van der Waals surface area contributed by atoms with Gasteiger partial charge in [0.15, 0.2) is 0 Å². The van der Waals surface area contributed by atoms with E-state index in [1.165, 1.54) is 11.3 Å². The minimum Gasteiger partial charge on any atom is -0.385 e. The van der Waals surface area contributed by atoms with E-state index in [0.717, 1.165) is 29.2 Å². The van der Waals surface area contributed by atoms with Gasteiger partial charge in [-0.25, -0.2) is 13.6 Å². The molecule has 2 rings (SSSR count). The molecule has 2 unspecified atom stereocenters. The molecule has 0 saturated carbocycles. The molecular formula is C13H22N2O3S3. The number of sulfonamides is 1. The Hall–Kier alpha value is -0.120. The van der Waals surface area contributed by atoms with E-state index < -0.39 is 10.0 Å². The largest absolute Gasteiger partial charge is 0.385 e. The van der Waals surface area contributed by atoms with Crippen LogP contribution in [-0.2, 0) is 14.8 Å². The molecule has 2 heterocycles. The van der Waals surface area contributed by atoms with Crippen molar-refractivity contribution < 1.29 is 13.2 Å². The molecular weight excluding hydrogens is 328 g/mol. The normalized spacial score (nSPS) is 25.2. The molecule has 21 heavy (non-hydrogen) atoms. The zero-order valence-corrected chi connectivity index (χ0v) is 15.0. The van der Waals surface area contributed by atoms with Gasteiger partial charge in [0.05, 0.1) is 4.21 Å². The zero-order valence-electron chi connectivity index (χ0n) is 12.5. The first kappa shape index (κ1) is 17.2. The van der Waals surface area contributed by atoms with Crippen LogP contribution in [0.5, 0.6) is 0 Å². The molecule has 0 radical (unpaired) electrons. The Morgan fingerprint density at radius 3 is 2.81 bits per heavy atom. The lowest BCUT2D eigenvalue weighted by Gasteiger charge is -2.31. The van der Waals surface area contributed by atoms with Crippen LogP contribution in [0.4, 0.5) is 0 Å². The van der Waals surface area contributed by atoms with Gasteiger partial charge in [0.2, 0.25) is 10.0 Å². The van der Waals surface area contributed by atoms with E-state index >= 15 is 0 Å². The Morgan fingerprint density at radius 1 is 1.52 bits per heavy atom. The minimum absolute atomic E-state index is 0.0246. The topological polar surface area (TPSA) is 81.4 Å². The molecule has 1 aliphatic heterocycles. The highest BCUT2D eigenvalue weighted by atomic mass is 32.3. The molecule has 0 saturated heterocycles. The van der Waals surface area contributed by atoms with Gasteiger partial charge in [-0.15, -0.1) is 23.1 Å². The molecule has 1 aromatic rings. The van der Waals surface area contributed by atoms with Crippen LogP contribution in [0.1, 0.15) is 38.3 Å². The summed E-state index contributed by atoms with van der Waals surface area (Å²) in [5.74, 6) is 0. The predicted octanol–water partition coefficient (Wildman–Crippen LogP) is 2.34. The summed E-state index contributed by atoms with van der Waals surface area (Å²) in [6.07, 6.45) is 1.94. The molecule has 0 fully saturated rings. The number of methoxy groups -OCH3 is 1. The Labute approximate surface area is 134 Å². The van der Waals surface area contributed by atoms with Crippen molar-refractivity contribution in [2.75, 3.05) is 20.3 Å². The van der Waals surface area contributed by atoms with Crippen molar-refractivity contribution in [3.05, 3.63) is 11.6 Å². The van der Waals surface area contributed by atoms with Gasteiger partial charge in [0.25, 0.3) is 0 Å². The molecule has 2 atom stereocenters. The second kappa shape index (κ2) is 6.55. The lowest BCUT2D eigenvalue weighted by molar-refractivity contribution is 0.179. The predicted molar refractivity (Wildman–Crippen MR) is 87.5 cm³/mol. The van der Waals surface area contributed by atoms with Crippen LogP contribution in [0, 0.1) is 0 Å². The average molecular weight is 351 g/mol. The van der Waals surface area contributed by atoms with Gasteiger partial charge in [-0.1, -0.05) is 6.92 Å². The molecule has 8 heteroatoms.